The zero-order valence-corrected chi connectivity index (χ0v) is 16.3. The number of likely N-dealkylation sites (N-methyl/N-ethyl adjacent to an activating group) is 1. The van der Waals surface area contributed by atoms with Gasteiger partial charge in [-0.15, -0.1) is 0 Å². The molecule has 26 heavy (non-hydrogen) atoms. The first-order valence-corrected chi connectivity index (χ1v) is 8.38. The van der Waals surface area contributed by atoms with Crippen molar-refractivity contribution in [2.24, 2.45) is 0 Å². The summed E-state index contributed by atoms with van der Waals surface area (Å²) in [5.41, 5.74) is 1.85. The van der Waals surface area contributed by atoms with Crippen LogP contribution in [-0.4, -0.2) is 55.6 Å². The smallest absolute Gasteiger partial charge is 0.238 e. The van der Waals surface area contributed by atoms with Gasteiger partial charge in [0.25, 0.3) is 0 Å². The highest BCUT2D eigenvalue weighted by atomic mass is 35.5. The lowest BCUT2D eigenvalue weighted by atomic mass is 10.3. The number of benzene rings is 1. The van der Waals surface area contributed by atoms with Crippen molar-refractivity contribution < 1.29 is 39.8 Å². The third-order valence-corrected chi connectivity index (χ3v) is 4.26. The molecule has 1 aromatic heterocycles. The molecule has 2 heterocycles. The average molecular weight is 398 g/mol. The summed E-state index contributed by atoms with van der Waals surface area (Å²) < 4.78 is 0. The van der Waals surface area contributed by atoms with Crippen LogP contribution in [0.4, 0.5) is 17.2 Å². The fourth-order valence-electron chi connectivity index (χ4n) is 2.78. The van der Waals surface area contributed by atoms with Gasteiger partial charge in [-0.25, -0.2) is 4.98 Å². The normalized spacial score (nSPS) is 14.8. The van der Waals surface area contributed by atoms with Crippen LogP contribution in [-0.2, 0) is 4.79 Å². The van der Waals surface area contributed by atoms with Crippen LogP contribution in [0.25, 0.3) is 0 Å². The van der Waals surface area contributed by atoms with E-state index in [0.717, 1.165) is 43.4 Å². The number of hydrogen-bond acceptors (Lipinski definition) is 3. The third kappa shape index (κ3) is 6.90. The molecule has 8 heteroatoms. The van der Waals surface area contributed by atoms with Crippen LogP contribution in [0, 0.1) is 0 Å². The van der Waals surface area contributed by atoms with Crippen molar-refractivity contribution in [3.63, 3.8) is 0 Å². The number of hydrogen-bond donors (Lipinski definition) is 3. The van der Waals surface area contributed by atoms with Gasteiger partial charge in [0.2, 0.25) is 11.7 Å². The summed E-state index contributed by atoms with van der Waals surface area (Å²) >= 11 is 0. The van der Waals surface area contributed by atoms with Gasteiger partial charge in [-0.05, 0) is 18.2 Å². The van der Waals surface area contributed by atoms with Crippen molar-refractivity contribution in [2.75, 3.05) is 45.1 Å². The summed E-state index contributed by atoms with van der Waals surface area (Å²) in [6.45, 7) is 4.59. The number of carbonyl (C=O) groups is 1. The predicted octanol–water partition coefficient (Wildman–Crippen LogP) is -6.62. The van der Waals surface area contributed by atoms with Crippen molar-refractivity contribution >= 4 is 23.1 Å². The van der Waals surface area contributed by atoms with Gasteiger partial charge in [0.05, 0.1) is 38.6 Å². The van der Waals surface area contributed by atoms with E-state index in [0.29, 0.717) is 6.54 Å². The van der Waals surface area contributed by atoms with Gasteiger partial charge in [0, 0.05) is 19.2 Å². The molecule has 1 fully saturated rings. The fraction of sp³-hybridized carbons (Fsp3) is 0.333. The molecule has 1 aliphatic heterocycles. The van der Waals surface area contributed by atoms with E-state index in [9.17, 15) is 4.79 Å². The molecule has 0 atom stereocenters. The Morgan fingerprint density at radius 1 is 1.15 bits per heavy atom. The first kappa shape index (κ1) is 22.3. The van der Waals surface area contributed by atoms with Crippen molar-refractivity contribution in [3.05, 3.63) is 48.7 Å². The molecule has 6 nitrogen and oxygen atoms in total. The molecule has 0 radical (unpaired) electrons. The van der Waals surface area contributed by atoms with Crippen LogP contribution in [0.15, 0.2) is 48.7 Å². The lowest BCUT2D eigenvalue weighted by Gasteiger charge is -2.29. The number of halogens is 2. The van der Waals surface area contributed by atoms with Crippen LogP contribution >= 0.6 is 0 Å². The Kier molecular flexibility index (Phi) is 9.54. The van der Waals surface area contributed by atoms with Gasteiger partial charge in [-0.2, -0.15) is 0 Å². The number of quaternary nitrogens is 2. The molecule has 1 aromatic carbocycles. The summed E-state index contributed by atoms with van der Waals surface area (Å²) in [6, 6.07) is 13.9. The highest BCUT2D eigenvalue weighted by Crippen LogP contribution is 2.08. The van der Waals surface area contributed by atoms with Crippen LogP contribution in [0.1, 0.15) is 0 Å². The first-order valence-electron chi connectivity index (χ1n) is 8.38. The summed E-state index contributed by atoms with van der Waals surface area (Å²) in [4.78, 5) is 20.3. The fourth-order valence-corrected chi connectivity index (χ4v) is 2.78. The second-order valence-electron chi connectivity index (χ2n) is 6.31. The molecule has 1 amide bonds. The minimum absolute atomic E-state index is 0. The Balaban J connectivity index is 0.00000169. The Labute approximate surface area is 166 Å². The van der Waals surface area contributed by atoms with Crippen LogP contribution < -0.4 is 40.3 Å². The number of rotatable bonds is 5. The lowest BCUT2D eigenvalue weighted by molar-refractivity contribution is -0.884. The van der Waals surface area contributed by atoms with E-state index in [-0.39, 0.29) is 30.7 Å². The average Bonchev–Trinajstić information content (AvgIpc) is 2.60. The Morgan fingerprint density at radius 2 is 1.85 bits per heavy atom. The molecule has 0 saturated carbocycles. The number of anilines is 1. The maximum absolute atomic E-state index is 12.1. The predicted molar refractivity (Wildman–Crippen MR) is 93.6 cm³/mol. The molecule has 0 unspecified atom stereocenters. The van der Waals surface area contributed by atoms with Crippen molar-refractivity contribution in [3.8, 4) is 0 Å². The molecule has 0 bridgehead atoms. The molecular weight excluding hydrogens is 373 g/mol. The van der Waals surface area contributed by atoms with Crippen molar-refractivity contribution in [2.45, 2.75) is 0 Å². The summed E-state index contributed by atoms with van der Waals surface area (Å²) in [6.07, 6.45) is 1.71. The number of nitrogens with zero attached hydrogens (tertiary/aromatic N) is 2. The minimum Gasteiger partial charge on any atom is -1.00 e. The number of nitrogens with one attached hydrogen (secondary N) is 2. The largest absolute Gasteiger partial charge is 1.00 e. The Hall–Kier alpha value is -1.70. The van der Waals surface area contributed by atoms with Gasteiger partial charge in [-0.1, -0.05) is 18.2 Å². The molecule has 2 aromatic rings. The third-order valence-electron chi connectivity index (χ3n) is 4.26. The SMILES string of the molecule is C[NH+]1CCN(CC(=O)Nc2ccc([NH2+]c3ccccc3)nc2)CC1.[Cl-].[Cl-]. The molecule has 4 N–H and O–H groups in total. The summed E-state index contributed by atoms with van der Waals surface area (Å²) in [7, 11) is 2.19. The van der Waals surface area contributed by atoms with Gasteiger partial charge in [0.15, 0.2) is 0 Å². The van der Waals surface area contributed by atoms with E-state index < -0.39 is 0 Å². The number of para-hydroxylation sites is 1. The topological polar surface area (TPSA) is 66.3 Å². The minimum atomic E-state index is 0. The molecule has 1 aliphatic rings. The van der Waals surface area contributed by atoms with Crippen molar-refractivity contribution in [1.82, 2.24) is 9.88 Å². The molecule has 0 aliphatic carbocycles. The van der Waals surface area contributed by atoms with E-state index in [4.69, 9.17) is 0 Å². The van der Waals surface area contributed by atoms with Crippen molar-refractivity contribution in [1.29, 1.82) is 0 Å². The van der Waals surface area contributed by atoms with Crippen LogP contribution in [0.2, 0.25) is 0 Å². The van der Waals surface area contributed by atoms with E-state index in [1.807, 2.05) is 47.8 Å². The molecule has 0 spiro atoms. The van der Waals surface area contributed by atoms with Gasteiger partial charge < -0.3 is 35.0 Å². The zero-order chi connectivity index (χ0) is 16.8. The highest BCUT2D eigenvalue weighted by molar-refractivity contribution is 5.92. The standard InChI is InChI=1S/C18H23N5O.2ClH/c1-22-9-11-23(12-10-22)14-18(24)21-16-7-8-17(19-13-16)20-15-5-3-2-4-6-15;;/h2-8,13H,9-12,14H2,1H3,(H,19,20)(H,21,24);2*1H. The maximum Gasteiger partial charge on any atom is 0.238 e. The second-order valence-corrected chi connectivity index (χ2v) is 6.31. The van der Waals surface area contributed by atoms with E-state index in [1.165, 1.54) is 4.90 Å². The molecule has 1 saturated heterocycles. The summed E-state index contributed by atoms with van der Waals surface area (Å²) in [5, 5.41) is 4.94. The van der Waals surface area contributed by atoms with E-state index in [2.05, 4.69) is 22.2 Å². The van der Waals surface area contributed by atoms with E-state index in [1.54, 1.807) is 6.20 Å². The lowest BCUT2D eigenvalue weighted by Crippen LogP contribution is -3.12. The number of nitrogens with two attached hydrogens (primary N) is 1. The number of pyridine rings is 1. The quantitative estimate of drug-likeness (QED) is 0.439. The number of carbonyl (C=O) groups excluding carboxylic acids is 1. The Bertz CT molecular complexity index is 661. The number of piperazine rings is 1. The van der Waals surface area contributed by atoms with Gasteiger partial charge in [-0.3, -0.25) is 15.0 Å². The second kappa shape index (κ2) is 11.1. The maximum atomic E-state index is 12.1. The first-order chi connectivity index (χ1) is 11.7. The monoisotopic (exact) mass is 397 g/mol. The van der Waals surface area contributed by atoms with Crippen LogP contribution in [0.5, 0.6) is 0 Å². The highest BCUT2D eigenvalue weighted by Gasteiger charge is 2.18. The van der Waals surface area contributed by atoms with Gasteiger partial charge in [0.1, 0.15) is 5.69 Å². The number of amides is 1. The Morgan fingerprint density at radius 3 is 2.46 bits per heavy atom. The summed E-state index contributed by atoms with van der Waals surface area (Å²) in [5.74, 6) is 0.900. The van der Waals surface area contributed by atoms with Crippen LogP contribution in [0.3, 0.4) is 0 Å². The van der Waals surface area contributed by atoms with E-state index >= 15 is 0 Å². The molecular formula is C18H25Cl2N5O. The number of aromatic nitrogens is 1. The molecule has 142 valence electrons. The molecule has 3 rings (SSSR count). The zero-order valence-electron chi connectivity index (χ0n) is 14.8. The van der Waals surface area contributed by atoms with Gasteiger partial charge >= 0.3 is 0 Å².